The summed E-state index contributed by atoms with van der Waals surface area (Å²) in [5, 5.41) is 9.86. The van der Waals surface area contributed by atoms with E-state index in [4.69, 9.17) is 0 Å². The van der Waals surface area contributed by atoms with E-state index in [1.54, 1.807) is 0 Å². The lowest BCUT2D eigenvalue weighted by Crippen LogP contribution is -2.41. The third-order valence-corrected chi connectivity index (χ3v) is 4.21. The molecule has 2 aliphatic carbocycles. The van der Waals surface area contributed by atoms with Crippen LogP contribution in [0.15, 0.2) is 0 Å². The quantitative estimate of drug-likeness (QED) is 0.589. The lowest BCUT2D eigenvalue weighted by molar-refractivity contribution is -0.0326. The fourth-order valence-corrected chi connectivity index (χ4v) is 3.19. The molecule has 0 amide bonds. The summed E-state index contributed by atoms with van der Waals surface area (Å²) in [5.74, 6) is 3.09. The summed E-state index contributed by atoms with van der Waals surface area (Å²) in [6.45, 7) is 4.61. The molecule has 0 radical (unpaired) electrons. The zero-order valence-electron chi connectivity index (χ0n) is 8.16. The molecular weight excluding hydrogens is 148 g/mol. The molecule has 0 aromatic rings. The summed E-state index contributed by atoms with van der Waals surface area (Å²) in [6.07, 6.45) is 5.11. The molecule has 1 nitrogen and oxygen atoms in total. The number of hydrogen-bond acceptors (Lipinski definition) is 1. The first-order valence-corrected chi connectivity index (χ1v) is 5.36. The average molecular weight is 168 g/mol. The van der Waals surface area contributed by atoms with Gasteiger partial charge in [0.05, 0.1) is 6.10 Å². The van der Waals surface area contributed by atoms with Gasteiger partial charge in [0.15, 0.2) is 0 Å². The van der Waals surface area contributed by atoms with Gasteiger partial charge in [-0.1, -0.05) is 20.3 Å². The topological polar surface area (TPSA) is 20.2 Å². The van der Waals surface area contributed by atoms with Crippen LogP contribution < -0.4 is 0 Å². The van der Waals surface area contributed by atoms with Crippen molar-refractivity contribution >= 4 is 0 Å². The van der Waals surface area contributed by atoms with E-state index in [2.05, 4.69) is 13.8 Å². The average Bonchev–Trinajstić information content (AvgIpc) is 2.03. The molecule has 0 saturated heterocycles. The van der Waals surface area contributed by atoms with E-state index in [-0.39, 0.29) is 6.10 Å². The van der Waals surface area contributed by atoms with Crippen LogP contribution in [-0.2, 0) is 0 Å². The molecule has 2 aliphatic rings. The molecular formula is C11H20O. The first-order valence-electron chi connectivity index (χ1n) is 5.36. The normalized spacial score (nSPS) is 53.8. The minimum Gasteiger partial charge on any atom is -0.393 e. The number of fused-ring (bicyclic) bond motifs is 2. The van der Waals surface area contributed by atoms with Crippen LogP contribution in [0, 0.1) is 23.7 Å². The summed E-state index contributed by atoms with van der Waals surface area (Å²) in [6, 6.07) is 0. The monoisotopic (exact) mass is 168 g/mol. The third kappa shape index (κ3) is 1.28. The molecule has 5 atom stereocenters. The van der Waals surface area contributed by atoms with Crippen molar-refractivity contribution in [2.75, 3.05) is 0 Å². The number of aliphatic hydroxyl groups is 1. The SMILES string of the molecule is C[C@@H]1C[C@@H](O)[C@@H]2C[C@H]1CC[C@H]2C. The smallest absolute Gasteiger partial charge is 0.0573 e. The minimum atomic E-state index is 0.00606. The van der Waals surface area contributed by atoms with Crippen LogP contribution in [0.2, 0.25) is 0 Å². The minimum absolute atomic E-state index is 0.00606. The molecule has 0 aromatic carbocycles. The van der Waals surface area contributed by atoms with E-state index in [0.29, 0.717) is 5.92 Å². The standard InChI is InChI=1S/C11H20O/c1-7-3-4-9-6-10(7)11(12)5-8(9)2/h7-12H,3-6H2,1-2H3/t7-,8-,9-,10-,11-/m1/s1. The van der Waals surface area contributed by atoms with Gasteiger partial charge in [-0.2, -0.15) is 0 Å². The van der Waals surface area contributed by atoms with Gasteiger partial charge in [0.1, 0.15) is 0 Å². The highest BCUT2D eigenvalue weighted by atomic mass is 16.3. The maximum Gasteiger partial charge on any atom is 0.0573 e. The van der Waals surface area contributed by atoms with E-state index >= 15 is 0 Å². The Bertz CT molecular complexity index is 166. The van der Waals surface area contributed by atoms with Gasteiger partial charge in [-0.05, 0) is 42.9 Å². The Labute approximate surface area is 75.2 Å². The van der Waals surface area contributed by atoms with Gasteiger partial charge in [-0.15, -0.1) is 0 Å². The summed E-state index contributed by atoms with van der Waals surface area (Å²) < 4.78 is 0. The molecule has 70 valence electrons. The second-order valence-corrected chi connectivity index (χ2v) is 4.99. The molecule has 0 aliphatic heterocycles. The fourth-order valence-electron chi connectivity index (χ4n) is 3.19. The van der Waals surface area contributed by atoms with Crippen molar-refractivity contribution in [1.82, 2.24) is 0 Å². The molecule has 1 heteroatoms. The van der Waals surface area contributed by atoms with Crippen molar-refractivity contribution in [3.8, 4) is 0 Å². The molecule has 2 rings (SSSR count). The molecule has 12 heavy (non-hydrogen) atoms. The lowest BCUT2D eigenvalue weighted by Gasteiger charge is -2.45. The van der Waals surface area contributed by atoms with Crippen molar-refractivity contribution in [3.63, 3.8) is 0 Å². The molecule has 2 saturated carbocycles. The zero-order valence-corrected chi connectivity index (χ0v) is 8.16. The van der Waals surface area contributed by atoms with Crippen LogP contribution in [0.25, 0.3) is 0 Å². The van der Waals surface area contributed by atoms with Gasteiger partial charge >= 0.3 is 0 Å². The summed E-state index contributed by atoms with van der Waals surface area (Å²) in [4.78, 5) is 0. The molecule has 0 spiro atoms. The van der Waals surface area contributed by atoms with Crippen LogP contribution in [0.1, 0.15) is 39.5 Å². The second kappa shape index (κ2) is 3.02. The van der Waals surface area contributed by atoms with Crippen molar-refractivity contribution in [3.05, 3.63) is 0 Å². The summed E-state index contributed by atoms with van der Waals surface area (Å²) >= 11 is 0. The Morgan fingerprint density at radius 2 is 1.75 bits per heavy atom. The van der Waals surface area contributed by atoms with E-state index < -0.39 is 0 Å². The highest BCUT2D eigenvalue weighted by molar-refractivity contribution is 4.90. The second-order valence-electron chi connectivity index (χ2n) is 4.99. The Hall–Kier alpha value is -0.0400. The van der Waals surface area contributed by atoms with Crippen molar-refractivity contribution in [1.29, 1.82) is 0 Å². The highest BCUT2D eigenvalue weighted by Crippen LogP contribution is 2.45. The predicted octanol–water partition coefficient (Wildman–Crippen LogP) is 2.44. The Kier molecular flexibility index (Phi) is 2.16. The van der Waals surface area contributed by atoms with Crippen molar-refractivity contribution in [2.45, 2.75) is 45.6 Å². The first kappa shape index (κ1) is 8.55. The number of aliphatic hydroxyl groups excluding tert-OH is 1. The van der Waals surface area contributed by atoms with Crippen LogP contribution in [0.5, 0.6) is 0 Å². The van der Waals surface area contributed by atoms with Crippen LogP contribution in [0.4, 0.5) is 0 Å². The number of rotatable bonds is 0. The fraction of sp³-hybridized carbons (Fsp3) is 1.00. The Morgan fingerprint density at radius 3 is 2.50 bits per heavy atom. The van der Waals surface area contributed by atoms with Gasteiger partial charge < -0.3 is 5.11 Å². The Balaban J connectivity index is 2.09. The summed E-state index contributed by atoms with van der Waals surface area (Å²) in [7, 11) is 0. The Morgan fingerprint density at radius 1 is 1.00 bits per heavy atom. The van der Waals surface area contributed by atoms with E-state index in [1.165, 1.54) is 19.3 Å². The molecule has 0 unspecified atom stereocenters. The lowest BCUT2D eigenvalue weighted by atomic mass is 9.62. The largest absolute Gasteiger partial charge is 0.393 e. The van der Waals surface area contributed by atoms with Gasteiger partial charge in [0.2, 0.25) is 0 Å². The molecule has 0 aromatic heterocycles. The maximum absolute atomic E-state index is 9.86. The zero-order chi connectivity index (χ0) is 8.72. The van der Waals surface area contributed by atoms with Crippen molar-refractivity contribution < 1.29 is 5.11 Å². The van der Waals surface area contributed by atoms with Gasteiger partial charge in [0.25, 0.3) is 0 Å². The van der Waals surface area contributed by atoms with Gasteiger partial charge in [-0.3, -0.25) is 0 Å². The van der Waals surface area contributed by atoms with E-state index in [0.717, 1.165) is 24.2 Å². The van der Waals surface area contributed by atoms with Crippen molar-refractivity contribution in [2.24, 2.45) is 23.7 Å². The van der Waals surface area contributed by atoms with Crippen LogP contribution in [-0.4, -0.2) is 11.2 Å². The van der Waals surface area contributed by atoms with Crippen LogP contribution in [0.3, 0.4) is 0 Å². The van der Waals surface area contributed by atoms with Crippen LogP contribution >= 0.6 is 0 Å². The third-order valence-electron chi connectivity index (χ3n) is 4.21. The molecule has 2 fully saturated rings. The first-order chi connectivity index (χ1) is 5.68. The molecule has 0 heterocycles. The number of hydrogen-bond donors (Lipinski definition) is 1. The predicted molar refractivity (Wildman–Crippen MR) is 49.8 cm³/mol. The molecule has 1 N–H and O–H groups in total. The summed E-state index contributed by atoms with van der Waals surface area (Å²) in [5.41, 5.74) is 0. The maximum atomic E-state index is 9.86. The van der Waals surface area contributed by atoms with Gasteiger partial charge in [-0.25, -0.2) is 0 Å². The van der Waals surface area contributed by atoms with E-state index in [1.807, 2.05) is 0 Å². The molecule has 2 bridgehead atoms. The van der Waals surface area contributed by atoms with E-state index in [9.17, 15) is 5.11 Å². The highest BCUT2D eigenvalue weighted by Gasteiger charge is 2.39. The van der Waals surface area contributed by atoms with Gasteiger partial charge in [0, 0.05) is 0 Å².